The summed E-state index contributed by atoms with van der Waals surface area (Å²) in [7, 11) is 0. The number of nitrogens with one attached hydrogen (secondary N) is 2. The lowest BCUT2D eigenvalue weighted by Crippen LogP contribution is -2.01. The number of aromatic nitrogens is 2. The lowest BCUT2D eigenvalue weighted by Gasteiger charge is -2.08. The molecule has 21 heavy (non-hydrogen) atoms. The molecule has 0 unspecified atom stereocenters. The molecule has 0 aliphatic rings. The number of rotatable bonds is 4. The van der Waals surface area contributed by atoms with Gasteiger partial charge in [0, 0.05) is 12.2 Å². The Morgan fingerprint density at radius 3 is 2.62 bits per heavy atom. The molecule has 0 saturated heterocycles. The average molecular weight is 274 g/mol. The van der Waals surface area contributed by atoms with Crippen molar-refractivity contribution in [3.63, 3.8) is 0 Å². The highest BCUT2D eigenvalue weighted by Crippen LogP contribution is 2.19. The van der Waals surface area contributed by atoms with Gasteiger partial charge in [-0.2, -0.15) is 5.26 Å². The van der Waals surface area contributed by atoms with Gasteiger partial charge in [0.05, 0.1) is 29.9 Å². The fourth-order valence-corrected chi connectivity index (χ4v) is 2.16. The van der Waals surface area contributed by atoms with E-state index in [-0.39, 0.29) is 0 Å². The number of hydrogen-bond acceptors (Lipinski definition) is 3. The minimum Gasteiger partial charge on any atom is -0.381 e. The highest BCUT2D eigenvalue weighted by atomic mass is 14.9. The smallest absolute Gasteiger partial charge is 0.0995 e. The molecule has 0 radical (unpaired) electrons. The van der Waals surface area contributed by atoms with Crippen molar-refractivity contribution in [3.05, 3.63) is 72.2 Å². The van der Waals surface area contributed by atoms with Crippen molar-refractivity contribution < 1.29 is 0 Å². The van der Waals surface area contributed by atoms with Crippen LogP contribution in [0.4, 0.5) is 5.69 Å². The van der Waals surface area contributed by atoms with Crippen LogP contribution in [0.2, 0.25) is 0 Å². The van der Waals surface area contributed by atoms with Crippen LogP contribution in [-0.4, -0.2) is 9.97 Å². The molecular formula is C17H14N4. The molecule has 4 nitrogen and oxygen atoms in total. The van der Waals surface area contributed by atoms with Gasteiger partial charge < -0.3 is 10.3 Å². The number of anilines is 1. The van der Waals surface area contributed by atoms with Gasteiger partial charge in [-0.1, -0.05) is 30.3 Å². The van der Waals surface area contributed by atoms with E-state index in [0.29, 0.717) is 12.1 Å². The zero-order chi connectivity index (χ0) is 14.5. The largest absolute Gasteiger partial charge is 0.381 e. The summed E-state index contributed by atoms with van der Waals surface area (Å²) in [5, 5.41) is 12.4. The Morgan fingerprint density at radius 1 is 1.10 bits per heavy atom. The van der Waals surface area contributed by atoms with Crippen LogP contribution in [0, 0.1) is 11.3 Å². The maximum atomic E-state index is 9.07. The molecule has 0 aliphatic carbocycles. The van der Waals surface area contributed by atoms with Crippen LogP contribution in [0.15, 0.2) is 61.1 Å². The molecule has 1 heterocycles. The van der Waals surface area contributed by atoms with Crippen LogP contribution in [0.5, 0.6) is 0 Å². The summed E-state index contributed by atoms with van der Waals surface area (Å²) < 4.78 is 0. The van der Waals surface area contributed by atoms with Crippen LogP contribution in [0.3, 0.4) is 0 Å². The highest BCUT2D eigenvalue weighted by Gasteiger charge is 2.02. The van der Waals surface area contributed by atoms with E-state index in [2.05, 4.69) is 21.4 Å². The number of hydrogen-bond donors (Lipinski definition) is 2. The molecule has 2 aromatic carbocycles. The van der Waals surface area contributed by atoms with Crippen molar-refractivity contribution in [1.29, 1.82) is 5.26 Å². The Hall–Kier alpha value is -3.06. The highest BCUT2D eigenvalue weighted by molar-refractivity contribution is 5.62. The van der Waals surface area contributed by atoms with E-state index < -0.39 is 0 Å². The number of nitriles is 1. The van der Waals surface area contributed by atoms with Crippen LogP contribution in [0.1, 0.15) is 11.1 Å². The van der Waals surface area contributed by atoms with Gasteiger partial charge in [-0.15, -0.1) is 0 Å². The van der Waals surface area contributed by atoms with E-state index >= 15 is 0 Å². The van der Waals surface area contributed by atoms with E-state index in [1.165, 1.54) is 0 Å². The van der Waals surface area contributed by atoms with Crippen LogP contribution in [0.25, 0.3) is 11.3 Å². The summed E-state index contributed by atoms with van der Waals surface area (Å²) in [6.45, 7) is 0.632. The second kappa shape index (κ2) is 5.93. The number of nitrogens with zero attached hydrogens (tertiary/aromatic N) is 2. The van der Waals surface area contributed by atoms with Gasteiger partial charge in [-0.05, 0) is 29.3 Å². The Bertz CT molecular complexity index is 752. The van der Waals surface area contributed by atoms with Gasteiger partial charge in [0.1, 0.15) is 0 Å². The summed E-state index contributed by atoms with van der Waals surface area (Å²) in [6.07, 6.45) is 3.46. The Kier molecular flexibility index (Phi) is 3.66. The van der Waals surface area contributed by atoms with Crippen molar-refractivity contribution >= 4 is 5.69 Å². The SMILES string of the molecule is N#Cc1ccccc1CNc1ccc(-c2cnc[nH]2)cc1. The molecule has 0 bridgehead atoms. The van der Waals surface area contributed by atoms with Gasteiger partial charge >= 0.3 is 0 Å². The fraction of sp³-hybridized carbons (Fsp3) is 0.0588. The second-order valence-corrected chi connectivity index (χ2v) is 4.67. The van der Waals surface area contributed by atoms with Crippen molar-refractivity contribution in [3.8, 4) is 17.3 Å². The first kappa shape index (κ1) is 12.9. The van der Waals surface area contributed by atoms with Crippen molar-refractivity contribution in [2.45, 2.75) is 6.54 Å². The van der Waals surface area contributed by atoms with Crippen molar-refractivity contribution in [2.24, 2.45) is 0 Å². The van der Waals surface area contributed by atoms with Crippen LogP contribution in [-0.2, 0) is 6.54 Å². The Balaban J connectivity index is 1.70. The monoisotopic (exact) mass is 274 g/mol. The van der Waals surface area contributed by atoms with Crippen LogP contribution >= 0.6 is 0 Å². The number of H-pyrrole nitrogens is 1. The molecule has 0 saturated carbocycles. The molecule has 1 aromatic heterocycles. The number of aromatic amines is 1. The van der Waals surface area contributed by atoms with Gasteiger partial charge in [0.2, 0.25) is 0 Å². The summed E-state index contributed by atoms with van der Waals surface area (Å²) in [5.41, 5.74) is 4.81. The van der Waals surface area contributed by atoms with E-state index in [9.17, 15) is 0 Å². The molecule has 4 heteroatoms. The summed E-state index contributed by atoms with van der Waals surface area (Å²) in [5.74, 6) is 0. The third-order valence-electron chi connectivity index (χ3n) is 3.31. The fourth-order valence-electron chi connectivity index (χ4n) is 2.16. The lowest BCUT2D eigenvalue weighted by atomic mass is 10.1. The van der Waals surface area contributed by atoms with Crippen molar-refractivity contribution in [2.75, 3.05) is 5.32 Å². The predicted octanol–water partition coefficient (Wildman–Crippen LogP) is 3.56. The topological polar surface area (TPSA) is 64.5 Å². The van der Waals surface area contributed by atoms with E-state index in [1.54, 1.807) is 12.5 Å². The van der Waals surface area contributed by atoms with Crippen molar-refractivity contribution in [1.82, 2.24) is 9.97 Å². The minimum absolute atomic E-state index is 0.632. The third kappa shape index (κ3) is 2.93. The first-order valence-corrected chi connectivity index (χ1v) is 6.67. The zero-order valence-corrected chi connectivity index (χ0v) is 11.4. The predicted molar refractivity (Wildman–Crippen MR) is 82.5 cm³/mol. The zero-order valence-electron chi connectivity index (χ0n) is 11.4. The first-order valence-electron chi connectivity index (χ1n) is 6.67. The molecule has 0 aliphatic heterocycles. The molecule has 0 fully saturated rings. The molecule has 0 spiro atoms. The van der Waals surface area contributed by atoms with Gasteiger partial charge in [0.25, 0.3) is 0 Å². The standard InChI is InChI=1S/C17H14N4/c18-9-14-3-1-2-4-15(14)10-20-16-7-5-13(6-8-16)17-11-19-12-21-17/h1-8,11-12,20H,10H2,(H,19,21). The van der Waals surface area contributed by atoms with E-state index in [4.69, 9.17) is 5.26 Å². The molecule has 102 valence electrons. The minimum atomic E-state index is 0.632. The average Bonchev–Trinajstić information content (AvgIpc) is 3.08. The molecule has 0 amide bonds. The number of imidazole rings is 1. The summed E-state index contributed by atoms with van der Waals surface area (Å²) in [4.78, 5) is 7.09. The molecule has 2 N–H and O–H groups in total. The molecule has 3 rings (SSSR count). The quantitative estimate of drug-likeness (QED) is 0.764. The van der Waals surface area contributed by atoms with Gasteiger partial charge in [0.15, 0.2) is 0 Å². The first-order chi connectivity index (χ1) is 10.4. The number of benzene rings is 2. The normalized spacial score (nSPS) is 10.0. The van der Waals surface area contributed by atoms with Crippen LogP contribution < -0.4 is 5.32 Å². The van der Waals surface area contributed by atoms with Gasteiger partial charge in [-0.3, -0.25) is 0 Å². The van der Waals surface area contributed by atoms with E-state index in [1.807, 2.05) is 48.5 Å². The maximum Gasteiger partial charge on any atom is 0.0995 e. The maximum absolute atomic E-state index is 9.07. The molecule has 0 atom stereocenters. The second-order valence-electron chi connectivity index (χ2n) is 4.67. The third-order valence-corrected chi connectivity index (χ3v) is 3.31. The summed E-state index contributed by atoms with van der Waals surface area (Å²) in [6, 6.07) is 17.9. The Morgan fingerprint density at radius 2 is 1.90 bits per heavy atom. The summed E-state index contributed by atoms with van der Waals surface area (Å²) >= 11 is 0. The van der Waals surface area contributed by atoms with Gasteiger partial charge in [-0.25, -0.2) is 4.98 Å². The lowest BCUT2D eigenvalue weighted by molar-refractivity contribution is 1.14. The van der Waals surface area contributed by atoms with E-state index in [0.717, 1.165) is 22.5 Å². The molecular weight excluding hydrogens is 260 g/mol. The molecule has 3 aromatic rings. The Labute approximate surface area is 123 Å².